The van der Waals surface area contributed by atoms with E-state index in [1.165, 1.54) is 12.3 Å². The van der Waals surface area contributed by atoms with Crippen LogP contribution in [0.25, 0.3) is 0 Å². The van der Waals surface area contributed by atoms with Crippen LogP contribution in [0.3, 0.4) is 0 Å². The summed E-state index contributed by atoms with van der Waals surface area (Å²) in [5.74, 6) is -0.197. The third-order valence-electron chi connectivity index (χ3n) is 3.02. The van der Waals surface area contributed by atoms with Gasteiger partial charge < -0.3 is 14.8 Å². The molecule has 1 N–H and O–H groups in total. The zero-order valence-corrected chi connectivity index (χ0v) is 12.0. The Morgan fingerprint density at radius 3 is 2.77 bits per heavy atom. The van der Waals surface area contributed by atoms with Gasteiger partial charge in [0.15, 0.2) is 0 Å². The summed E-state index contributed by atoms with van der Waals surface area (Å²) in [7, 11) is 0. The molecule has 0 radical (unpaired) electrons. The first-order valence-electron chi connectivity index (χ1n) is 6.70. The largest absolute Gasteiger partial charge is 0.413 e. The number of aryl methyl sites for hydroxylation is 1. The number of hydrogen-bond acceptors (Lipinski definition) is 4. The molecule has 22 heavy (non-hydrogen) atoms. The van der Waals surface area contributed by atoms with Crippen LogP contribution < -0.4 is 10.1 Å². The maximum Gasteiger partial charge on any atom is 0.413 e. The molecule has 0 fully saturated rings. The van der Waals surface area contributed by atoms with Crippen molar-refractivity contribution in [1.29, 1.82) is 0 Å². The number of hydrogen-bond donors (Lipinski definition) is 1. The molecular formula is C16H15FN2O3. The van der Waals surface area contributed by atoms with Crippen LogP contribution in [0.5, 0.6) is 5.75 Å². The van der Waals surface area contributed by atoms with Gasteiger partial charge in [-0.25, -0.2) is 9.18 Å². The number of nitrogens with one attached hydrogen (secondary N) is 1. The third-order valence-corrected chi connectivity index (χ3v) is 3.02. The Morgan fingerprint density at radius 2 is 2.09 bits per heavy atom. The fraction of sp³-hybridized carbons (Fsp3) is 0.188. The molecule has 0 aliphatic rings. The number of aldehydes is 1. The van der Waals surface area contributed by atoms with E-state index < -0.39 is 18.0 Å². The topological polar surface area (TPSA) is 68.3 Å². The summed E-state index contributed by atoms with van der Waals surface area (Å²) in [5, 5.41) is 2.46. The average Bonchev–Trinajstić information content (AvgIpc) is 2.50. The van der Waals surface area contributed by atoms with Gasteiger partial charge >= 0.3 is 6.09 Å². The molecule has 5 nitrogen and oxygen atoms in total. The van der Waals surface area contributed by atoms with E-state index in [9.17, 15) is 14.0 Å². The number of benzene rings is 1. The Hall–Kier alpha value is -2.76. The maximum atomic E-state index is 14.1. The minimum absolute atomic E-state index is 0.0112. The second-order valence-electron chi connectivity index (χ2n) is 4.63. The number of aromatic nitrogens is 1. The van der Waals surface area contributed by atoms with E-state index >= 15 is 0 Å². The van der Waals surface area contributed by atoms with Crippen molar-refractivity contribution in [1.82, 2.24) is 10.3 Å². The molecule has 0 aliphatic heterocycles. The van der Waals surface area contributed by atoms with Crippen LogP contribution in [0.1, 0.15) is 23.7 Å². The summed E-state index contributed by atoms with van der Waals surface area (Å²) >= 11 is 0. The molecule has 2 aromatic rings. The normalized spacial score (nSPS) is 11.5. The van der Waals surface area contributed by atoms with E-state index in [4.69, 9.17) is 4.74 Å². The van der Waals surface area contributed by atoms with Gasteiger partial charge in [0.05, 0.1) is 11.7 Å². The van der Waals surface area contributed by atoms with Gasteiger partial charge in [-0.15, -0.1) is 0 Å². The molecule has 1 aromatic carbocycles. The van der Waals surface area contributed by atoms with Crippen molar-refractivity contribution >= 4 is 12.4 Å². The van der Waals surface area contributed by atoms with Gasteiger partial charge in [0.2, 0.25) is 0 Å². The lowest BCUT2D eigenvalue weighted by Gasteiger charge is -2.17. The van der Waals surface area contributed by atoms with Crippen LogP contribution >= 0.6 is 0 Å². The van der Waals surface area contributed by atoms with E-state index in [0.29, 0.717) is 17.6 Å². The number of pyridine rings is 1. The van der Waals surface area contributed by atoms with Gasteiger partial charge in [-0.05, 0) is 30.7 Å². The molecule has 1 amide bonds. The van der Waals surface area contributed by atoms with Gasteiger partial charge in [-0.3, -0.25) is 4.98 Å². The molecule has 0 spiro atoms. The van der Waals surface area contributed by atoms with E-state index in [1.807, 2.05) is 0 Å². The van der Waals surface area contributed by atoms with Crippen LogP contribution in [0.15, 0.2) is 42.6 Å². The molecule has 6 heteroatoms. The SMILES string of the molecule is Cc1ccnc([C@H](CC=O)NC(=O)Oc2ccccc2)c1F. The number of nitrogens with zero attached hydrogens (tertiary/aromatic N) is 1. The van der Waals surface area contributed by atoms with Gasteiger partial charge in [-0.1, -0.05) is 18.2 Å². The third kappa shape index (κ3) is 3.88. The highest BCUT2D eigenvalue weighted by Gasteiger charge is 2.21. The number of para-hydroxylation sites is 1. The molecule has 0 saturated carbocycles. The van der Waals surface area contributed by atoms with Crippen LogP contribution in [0.4, 0.5) is 9.18 Å². The number of ether oxygens (including phenoxy) is 1. The van der Waals surface area contributed by atoms with Crippen molar-refractivity contribution in [2.45, 2.75) is 19.4 Å². The minimum atomic E-state index is -0.881. The molecule has 0 aliphatic carbocycles. The van der Waals surface area contributed by atoms with Gasteiger partial charge in [0.1, 0.15) is 17.9 Å². The Kier molecular flexibility index (Phi) is 5.19. The fourth-order valence-corrected chi connectivity index (χ4v) is 1.91. The highest BCUT2D eigenvalue weighted by molar-refractivity contribution is 5.71. The number of carbonyl (C=O) groups excluding carboxylic acids is 2. The van der Waals surface area contributed by atoms with Crippen molar-refractivity contribution < 1.29 is 18.7 Å². The predicted octanol–water partition coefficient (Wildman–Crippen LogP) is 2.95. The molecule has 1 heterocycles. The van der Waals surface area contributed by atoms with Gasteiger partial charge in [0, 0.05) is 12.6 Å². The van der Waals surface area contributed by atoms with Crippen LogP contribution in [-0.4, -0.2) is 17.4 Å². The quantitative estimate of drug-likeness (QED) is 0.862. The second-order valence-corrected chi connectivity index (χ2v) is 4.63. The summed E-state index contributed by atoms with van der Waals surface area (Å²) in [4.78, 5) is 26.6. The van der Waals surface area contributed by atoms with E-state index in [1.54, 1.807) is 37.3 Å². The molecule has 0 saturated heterocycles. The van der Waals surface area contributed by atoms with Crippen molar-refractivity contribution in [3.8, 4) is 5.75 Å². The van der Waals surface area contributed by atoms with E-state index in [2.05, 4.69) is 10.3 Å². The lowest BCUT2D eigenvalue weighted by Crippen LogP contribution is -2.32. The number of amides is 1. The summed E-state index contributed by atoms with van der Waals surface area (Å²) in [6.07, 6.45) is 1.14. The Morgan fingerprint density at radius 1 is 1.36 bits per heavy atom. The molecule has 0 bridgehead atoms. The highest BCUT2D eigenvalue weighted by atomic mass is 19.1. The highest BCUT2D eigenvalue weighted by Crippen LogP contribution is 2.20. The molecule has 1 aromatic heterocycles. The van der Waals surface area contributed by atoms with Crippen LogP contribution in [-0.2, 0) is 4.79 Å². The molecule has 114 valence electrons. The molecule has 0 unspecified atom stereocenters. The zero-order valence-electron chi connectivity index (χ0n) is 12.0. The first kappa shape index (κ1) is 15.6. The summed E-state index contributed by atoms with van der Waals surface area (Å²) in [6, 6.07) is 9.07. The van der Waals surface area contributed by atoms with Gasteiger partial charge in [0.25, 0.3) is 0 Å². The monoisotopic (exact) mass is 302 g/mol. The van der Waals surface area contributed by atoms with Crippen molar-refractivity contribution in [2.75, 3.05) is 0 Å². The van der Waals surface area contributed by atoms with Crippen molar-refractivity contribution in [2.24, 2.45) is 0 Å². The Bertz CT molecular complexity index is 662. The first-order chi connectivity index (χ1) is 10.6. The molecule has 2 rings (SSSR count). The molecule has 1 atom stereocenters. The van der Waals surface area contributed by atoms with E-state index in [-0.39, 0.29) is 12.1 Å². The fourth-order valence-electron chi connectivity index (χ4n) is 1.91. The lowest BCUT2D eigenvalue weighted by molar-refractivity contribution is -0.108. The lowest BCUT2D eigenvalue weighted by atomic mass is 10.1. The van der Waals surface area contributed by atoms with E-state index in [0.717, 1.165) is 0 Å². The standard InChI is InChI=1S/C16H15FN2O3/c1-11-7-9-18-15(14(11)17)13(8-10-20)19-16(21)22-12-5-3-2-4-6-12/h2-7,9-10,13H,8H2,1H3,(H,19,21)/t13-/m0/s1. The zero-order chi connectivity index (χ0) is 15.9. The van der Waals surface area contributed by atoms with Crippen molar-refractivity contribution in [3.05, 3.63) is 59.7 Å². The Balaban J connectivity index is 2.13. The summed E-state index contributed by atoms with van der Waals surface area (Å²) in [5.41, 5.74) is 0.399. The number of rotatable bonds is 5. The smallest absolute Gasteiger partial charge is 0.410 e. The first-order valence-corrected chi connectivity index (χ1v) is 6.70. The van der Waals surface area contributed by atoms with Crippen LogP contribution in [0.2, 0.25) is 0 Å². The second kappa shape index (κ2) is 7.31. The summed E-state index contributed by atoms with van der Waals surface area (Å²) in [6.45, 7) is 1.58. The summed E-state index contributed by atoms with van der Waals surface area (Å²) < 4.78 is 19.1. The molecular weight excluding hydrogens is 287 g/mol. The maximum absolute atomic E-state index is 14.1. The Labute approximate surface area is 127 Å². The average molecular weight is 302 g/mol. The predicted molar refractivity (Wildman–Crippen MR) is 78.0 cm³/mol. The van der Waals surface area contributed by atoms with Crippen LogP contribution in [0, 0.1) is 12.7 Å². The number of carbonyl (C=O) groups is 2. The minimum Gasteiger partial charge on any atom is -0.410 e. The number of halogens is 1. The van der Waals surface area contributed by atoms with Gasteiger partial charge in [-0.2, -0.15) is 0 Å². The van der Waals surface area contributed by atoms with Crippen molar-refractivity contribution in [3.63, 3.8) is 0 Å².